The van der Waals surface area contributed by atoms with Gasteiger partial charge < -0.3 is 4.74 Å². The van der Waals surface area contributed by atoms with Crippen LogP contribution in [0.5, 0.6) is 0 Å². The van der Waals surface area contributed by atoms with Crippen molar-refractivity contribution in [1.82, 2.24) is 8.96 Å². The first-order chi connectivity index (χ1) is 7.69. The lowest BCUT2D eigenvalue weighted by Crippen LogP contribution is -2.03. The van der Waals surface area contributed by atoms with Crippen molar-refractivity contribution in [2.45, 2.75) is 0 Å². The lowest BCUT2D eigenvalue weighted by Gasteiger charge is -2.03. The van der Waals surface area contributed by atoms with Gasteiger partial charge in [-0.05, 0) is 6.07 Å². The number of carbonyl (C=O) groups excluding carboxylic acids is 1. The molecule has 0 aromatic carbocycles. The highest BCUT2D eigenvalue weighted by molar-refractivity contribution is 14.2. The Bertz CT molecular complexity index is 558. The van der Waals surface area contributed by atoms with Crippen LogP contribution in [0.25, 0.3) is 11.0 Å². The molecule has 0 aliphatic carbocycles. The van der Waals surface area contributed by atoms with Crippen LogP contribution in [0.4, 0.5) is 0 Å². The van der Waals surface area contributed by atoms with Crippen molar-refractivity contribution >= 4 is 58.9 Å². The number of carbonyl (C=O) groups is 1. The predicted octanol–water partition coefficient (Wildman–Crippen LogP) is 3.32. The smallest absolute Gasteiger partial charge is 0.340 e. The minimum absolute atomic E-state index is 0.285. The summed E-state index contributed by atoms with van der Waals surface area (Å²) >= 11 is 8.26. The second kappa shape index (κ2) is 4.80. The average Bonchev–Trinajstić information content (AvgIpc) is 2.72. The third-order valence-corrected chi connectivity index (χ3v) is 4.22. The van der Waals surface area contributed by atoms with Gasteiger partial charge in [0.05, 0.1) is 17.7 Å². The van der Waals surface area contributed by atoms with E-state index in [1.54, 1.807) is 0 Å². The number of ether oxygens (including phenoxy) is 1. The summed E-state index contributed by atoms with van der Waals surface area (Å²) in [6.07, 6.45) is 3.28. The minimum atomic E-state index is -0.478. The van der Waals surface area contributed by atoms with Crippen molar-refractivity contribution in [3.05, 3.63) is 29.0 Å². The molecule has 0 radical (unpaired) electrons. The van der Waals surface area contributed by atoms with Gasteiger partial charge in [-0.3, -0.25) is 3.97 Å². The average molecular weight is 369 g/mol. The van der Waals surface area contributed by atoms with Crippen LogP contribution in [-0.4, -0.2) is 22.0 Å². The van der Waals surface area contributed by atoms with Crippen LogP contribution in [0.3, 0.4) is 0 Å². The van der Waals surface area contributed by atoms with Crippen LogP contribution in [-0.2, 0) is 4.74 Å². The highest BCUT2D eigenvalue weighted by Gasteiger charge is 2.16. The molecule has 7 heteroatoms. The number of hydrogen-bond acceptors (Lipinski definition) is 4. The molecule has 0 N–H and O–H groups in total. The van der Waals surface area contributed by atoms with Gasteiger partial charge in [-0.2, -0.15) is 0 Å². The molecular formula is C9H6ClIN2O2S. The van der Waals surface area contributed by atoms with Gasteiger partial charge >= 0.3 is 5.97 Å². The van der Waals surface area contributed by atoms with E-state index in [0.717, 1.165) is 11.0 Å². The van der Waals surface area contributed by atoms with Gasteiger partial charge in [0.2, 0.25) is 0 Å². The molecule has 4 nitrogen and oxygen atoms in total. The Labute approximate surface area is 113 Å². The van der Waals surface area contributed by atoms with Crippen molar-refractivity contribution in [2.24, 2.45) is 0 Å². The summed E-state index contributed by atoms with van der Waals surface area (Å²) in [7, 11) is 2.80. The van der Waals surface area contributed by atoms with Crippen LogP contribution in [0, 0.1) is 0 Å². The van der Waals surface area contributed by atoms with E-state index in [1.807, 2.05) is 16.2 Å². The lowest BCUT2D eigenvalue weighted by atomic mass is 10.2. The fourth-order valence-corrected chi connectivity index (χ4v) is 2.88. The molecule has 0 aliphatic heterocycles. The zero-order chi connectivity index (χ0) is 11.7. The topological polar surface area (TPSA) is 44.1 Å². The normalized spacial score (nSPS) is 10.7. The molecule has 2 heterocycles. The Kier molecular flexibility index (Phi) is 3.60. The van der Waals surface area contributed by atoms with Crippen LogP contribution >= 0.6 is 41.9 Å². The van der Waals surface area contributed by atoms with E-state index in [-0.39, 0.29) is 5.56 Å². The van der Waals surface area contributed by atoms with E-state index < -0.39 is 5.97 Å². The third kappa shape index (κ3) is 1.89. The summed E-state index contributed by atoms with van der Waals surface area (Å²) in [5.74, 6) is -0.478. The van der Waals surface area contributed by atoms with E-state index in [0.29, 0.717) is 5.02 Å². The molecule has 0 atom stereocenters. The second-order valence-electron chi connectivity index (χ2n) is 2.93. The number of esters is 1. The van der Waals surface area contributed by atoms with Crippen LogP contribution < -0.4 is 0 Å². The number of hydrogen-bond donors (Lipinski definition) is 0. The first-order valence-corrected chi connectivity index (χ1v) is 7.91. The number of nitrogens with zero attached hydrogens (tertiary/aromatic N) is 2. The second-order valence-corrected chi connectivity index (χ2v) is 5.02. The van der Waals surface area contributed by atoms with Crippen LogP contribution in [0.15, 0.2) is 18.5 Å². The molecule has 0 spiro atoms. The van der Waals surface area contributed by atoms with E-state index >= 15 is 0 Å². The van der Waals surface area contributed by atoms with E-state index in [9.17, 15) is 4.79 Å². The molecular weight excluding hydrogens is 363 g/mol. The van der Waals surface area contributed by atoms with E-state index in [2.05, 4.69) is 30.9 Å². The number of halogens is 2. The predicted molar refractivity (Wildman–Crippen MR) is 73.1 cm³/mol. The molecule has 84 valence electrons. The van der Waals surface area contributed by atoms with Crippen molar-refractivity contribution in [3.8, 4) is 0 Å². The molecule has 16 heavy (non-hydrogen) atoms. The zero-order valence-electron chi connectivity index (χ0n) is 8.11. The van der Waals surface area contributed by atoms with Gasteiger partial charge in [-0.1, -0.05) is 11.6 Å². The minimum Gasteiger partial charge on any atom is -0.465 e. The fraction of sp³-hybridized carbons (Fsp3) is 0.111. The number of pyridine rings is 1. The van der Waals surface area contributed by atoms with Crippen LogP contribution in [0.2, 0.25) is 5.02 Å². The Morgan fingerprint density at radius 3 is 3.06 bits per heavy atom. The molecule has 2 rings (SSSR count). The summed E-state index contributed by atoms with van der Waals surface area (Å²) in [5.41, 5.74) is 1.02. The summed E-state index contributed by atoms with van der Waals surface area (Å²) in [5, 5.41) is 1.12. The quantitative estimate of drug-likeness (QED) is 0.602. The maximum atomic E-state index is 11.4. The molecule has 0 bridgehead atoms. The molecule has 0 fully saturated rings. The first kappa shape index (κ1) is 12.0. The summed E-state index contributed by atoms with van der Waals surface area (Å²) < 4.78 is 6.49. The summed E-state index contributed by atoms with van der Waals surface area (Å²) in [6, 6.07) is 1.82. The molecule has 0 saturated carbocycles. The number of methoxy groups -OCH3 is 1. The highest BCUT2D eigenvalue weighted by Crippen LogP contribution is 2.30. The van der Waals surface area contributed by atoms with Gasteiger partial charge in [0.15, 0.2) is 5.65 Å². The molecule has 2 aromatic rings. The highest BCUT2D eigenvalue weighted by atomic mass is 127. The summed E-state index contributed by atoms with van der Waals surface area (Å²) in [6.45, 7) is 0. The van der Waals surface area contributed by atoms with E-state index in [4.69, 9.17) is 11.6 Å². The van der Waals surface area contributed by atoms with E-state index in [1.165, 1.54) is 22.4 Å². The Morgan fingerprint density at radius 1 is 1.69 bits per heavy atom. The number of fused-ring (bicyclic) bond motifs is 1. The fourth-order valence-electron chi connectivity index (χ4n) is 1.34. The van der Waals surface area contributed by atoms with Gasteiger partial charge in [0, 0.05) is 48.1 Å². The van der Waals surface area contributed by atoms with Gasteiger partial charge in [-0.15, -0.1) is 0 Å². The van der Waals surface area contributed by atoms with Gasteiger partial charge in [0.25, 0.3) is 0 Å². The largest absolute Gasteiger partial charge is 0.465 e. The zero-order valence-corrected chi connectivity index (χ0v) is 11.8. The Hall–Kier alpha value is -0.470. The monoisotopic (exact) mass is 368 g/mol. The molecule has 0 saturated heterocycles. The van der Waals surface area contributed by atoms with Gasteiger partial charge in [-0.25, -0.2) is 9.78 Å². The molecule has 0 aliphatic rings. The van der Waals surface area contributed by atoms with Gasteiger partial charge in [0.1, 0.15) is 0 Å². The molecule has 0 unspecified atom stereocenters. The third-order valence-electron chi connectivity index (χ3n) is 2.09. The Balaban J connectivity index is 2.66. The van der Waals surface area contributed by atoms with Crippen molar-refractivity contribution < 1.29 is 9.53 Å². The Morgan fingerprint density at radius 2 is 2.44 bits per heavy atom. The number of rotatable bonds is 2. The summed E-state index contributed by atoms with van der Waals surface area (Å²) in [4.78, 5) is 15.6. The maximum Gasteiger partial charge on any atom is 0.340 e. The molecule has 2 aromatic heterocycles. The first-order valence-electron chi connectivity index (χ1n) is 4.22. The standard InChI is InChI=1S/C9H6ClIN2O2S/c1-15-9(14)6-4-12-8-5(7(6)10)2-3-13(8)16-11/h2-4H,1H3. The SMILES string of the molecule is COC(=O)c1cnc2c(ccn2SI)c1Cl. The number of aromatic nitrogens is 2. The lowest BCUT2D eigenvalue weighted by molar-refractivity contribution is 0.0600. The van der Waals surface area contributed by atoms with Crippen molar-refractivity contribution in [3.63, 3.8) is 0 Å². The van der Waals surface area contributed by atoms with Crippen LogP contribution in [0.1, 0.15) is 10.4 Å². The maximum absolute atomic E-state index is 11.4. The molecule has 0 amide bonds. The van der Waals surface area contributed by atoms with Crippen molar-refractivity contribution in [1.29, 1.82) is 0 Å². The van der Waals surface area contributed by atoms with Crippen molar-refractivity contribution in [2.75, 3.05) is 7.11 Å².